The summed E-state index contributed by atoms with van der Waals surface area (Å²) in [6.07, 6.45) is 2.02. The molecule has 1 unspecified atom stereocenters. The van der Waals surface area contributed by atoms with Gasteiger partial charge in [-0.3, -0.25) is 9.59 Å². The van der Waals surface area contributed by atoms with Crippen LogP contribution in [0.25, 0.3) is 0 Å². The van der Waals surface area contributed by atoms with Gasteiger partial charge in [0.25, 0.3) is 0 Å². The number of nitrogens with zero attached hydrogens (tertiary/aromatic N) is 1. The molecule has 0 radical (unpaired) electrons. The molecule has 0 saturated heterocycles. The number of fused-ring (bicyclic) bond motifs is 1. The molecule has 5 heteroatoms. The number of carbonyl (C=O) groups is 2. The molecule has 1 heterocycles. The van der Waals surface area contributed by atoms with E-state index in [4.69, 9.17) is 4.74 Å². The van der Waals surface area contributed by atoms with Crippen LogP contribution in [0.2, 0.25) is 0 Å². The first-order valence-corrected chi connectivity index (χ1v) is 9.88. The molecule has 0 spiro atoms. The van der Waals surface area contributed by atoms with Crippen molar-refractivity contribution in [3.8, 4) is 5.75 Å². The Morgan fingerprint density at radius 2 is 2.00 bits per heavy atom. The quantitative estimate of drug-likeness (QED) is 0.815. The van der Waals surface area contributed by atoms with E-state index in [2.05, 4.69) is 18.3 Å². The van der Waals surface area contributed by atoms with Crippen LogP contribution < -0.4 is 10.1 Å². The Balaban J connectivity index is 1.74. The molecule has 1 aliphatic rings. The van der Waals surface area contributed by atoms with Gasteiger partial charge in [-0.05, 0) is 54.7 Å². The van der Waals surface area contributed by atoms with Crippen LogP contribution in [0, 0.1) is 6.92 Å². The average molecular weight is 380 g/mol. The molecule has 2 amide bonds. The van der Waals surface area contributed by atoms with E-state index >= 15 is 0 Å². The molecule has 28 heavy (non-hydrogen) atoms. The summed E-state index contributed by atoms with van der Waals surface area (Å²) in [6, 6.07) is 13.5. The molecule has 148 valence electrons. The van der Waals surface area contributed by atoms with Crippen LogP contribution >= 0.6 is 0 Å². The predicted molar refractivity (Wildman–Crippen MR) is 110 cm³/mol. The maximum absolute atomic E-state index is 12.8. The standard InChI is InChI=1S/C23H28N2O3/c1-4-13-28-19-9-10-21(16(2)14-19)24-23(27)15-22-20-8-6-5-7-18(20)11-12-25(22)17(3)26/h5-10,14,22H,4,11-13,15H2,1-3H3,(H,24,27). The molecule has 0 aliphatic carbocycles. The molecule has 1 N–H and O–H groups in total. The molecule has 2 aromatic rings. The van der Waals surface area contributed by atoms with Crippen molar-refractivity contribution in [2.24, 2.45) is 0 Å². The van der Waals surface area contributed by atoms with Crippen LogP contribution in [0.3, 0.4) is 0 Å². The number of aryl methyl sites for hydroxylation is 1. The van der Waals surface area contributed by atoms with E-state index in [1.54, 1.807) is 11.8 Å². The zero-order valence-electron chi connectivity index (χ0n) is 16.8. The average Bonchev–Trinajstić information content (AvgIpc) is 2.68. The minimum absolute atomic E-state index is 0.000842. The summed E-state index contributed by atoms with van der Waals surface area (Å²) in [7, 11) is 0. The molecule has 1 atom stereocenters. The highest BCUT2D eigenvalue weighted by Gasteiger charge is 2.30. The van der Waals surface area contributed by atoms with Crippen molar-refractivity contribution >= 4 is 17.5 Å². The lowest BCUT2D eigenvalue weighted by molar-refractivity contribution is -0.132. The number of hydrogen-bond acceptors (Lipinski definition) is 3. The Kier molecular flexibility index (Phi) is 6.34. The van der Waals surface area contributed by atoms with Crippen LogP contribution in [-0.2, 0) is 16.0 Å². The Morgan fingerprint density at radius 3 is 2.71 bits per heavy atom. The molecule has 0 aromatic heterocycles. The molecular formula is C23H28N2O3. The van der Waals surface area contributed by atoms with Crippen LogP contribution in [0.15, 0.2) is 42.5 Å². The summed E-state index contributed by atoms with van der Waals surface area (Å²) in [6.45, 7) is 6.90. The van der Waals surface area contributed by atoms with Gasteiger partial charge in [-0.15, -0.1) is 0 Å². The molecule has 3 rings (SSSR count). The van der Waals surface area contributed by atoms with Crippen molar-refractivity contribution in [3.05, 3.63) is 59.2 Å². The van der Waals surface area contributed by atoms with Gasteiger partial charge < -0.3 is 15.0 Å². The fourth-order valence-electron chi connectivity index (χ4n) is 3.71. The minimum Gasteiger partial charge on any atom is -0.494 e. The normalized spacial score (nSPS) is 15.7. The number of anilines is 1. The third-order valence-electron chi connectivity index (χ3n) is 5.14. The molecule has 5 nitrogen and oxygen atoms in total. The number of ether oxygens (including phenoxy) is 1. The Morgan fingerprint density at radius 1 is 1.21 bits per heavy atom. The largest absolute Gasteiger partial charge is 0.494 e. The zero-order chi connectivity index (χ0) is 20.1. The van der Waals surface area contributed by atoms with Gasteiger partial charge in [-0.25, -0.2) is 0 Å². The van der Waals surface area contributed by atoms with Crippen molar-refractivity contribution < 1.29 is 14.3 Å². The molecule has 0 saturated carbocycles. The highest BCUT2D eigenvalue weighted by Crippen LogP contribution is 2.33. The Bertz CT molecular complexity index is 863. The van der Waals surface area contributed by atoms with Gasteiger partial charge in [0.05, 0.1) is 19.1 Å². The Labute approximate surface area is 166 Å². The van der Waals surface area contributed by atoms with Crippen molar-refractivity contribution in [1.29, 1.82) is 0 Å². The maximum Gasteiger partial charge on any atom is 0.226 e. The summed E-state index contributed by atoms with van der Waals surface area (Å²) in [5.74, 6) is 0.709. The molecule has 0 bridgehead atoms. The van der Waals surface area contributed by atoms with E-state index in [9.17, 15) is 9.59 Å². The molecule has 1 aliphatic heterocycles. The third kappa shape index (κ3) is 4.53. The number of carbonyl (C=O) groups excluding carboxylic acids is 2. The lowest BCUT2D eigenvalue weighted by atomic mass is 9.90. The Hall–Kier alpha value is -2.82. The SMILES string of the molecule is CCCOc1ccc(NC(=O)CC2c3ccccc3CCN2C(C)=O)c(C)c1. The van der Waals surface area contributed by atoms with Crippen molar-refractivity contribution in [2.75, 3.05) is 18.5 Å². The molecule has 2 aromatic carbocycles. The van der Waals surface area contributed by atoms with Crippen molar-refractivity contribution in [2.45, 2.75) is 46.1 Å². The van der Waals surface area contributed by atoms with E-state index in [1.165, 1.54) is 5.56 Å². The van der Waals surface area contributed by atoms with E-state index < -0.39 is 0 Å². The van der Waals surface area contributed by atoms with E-state index in [0.717, 1.165) is 35.4 Å². The predicted octanol–water partition coefficient (Wildman–Crippen LogP) is 4.26. The number of benzene rings is 2. The number of rotatable bonds is 6. The van der Waals surface area contributed by atoms with Gasteiger partial charge in [-0.1, -0.05) is 31.2 Å². The summed E-state index contributed by atoms with van der Waals surface area (Å²) in [5.41, 5.74) is 4.01. The van der Waals surface area contributed by atoms with E-state index in [-0.39, 0.29) is 24.3 Å². The van der Waals surface area contributed by atoms with E-state index in [0.29, 0.717) is 13.2 Å². The highest BCUT2D eigenvalue weighted by atomic mass is 16.5. The topological polar surface area (TPSA) is 58.6 Å². The fourth-order valence-corrected chi connectivity index (χ4v) is 3.71. The number of amides is 2. The van der Waals surface area contributed by atoms with Crippen molar-refractivity contribution in [3.63, 3.8) is 0 Å². The summed E-state index contributed by atoms with van der Waals surface area (Å²) in [5, 5.41) is 3.00. The summed E-state index contributed by atoms with van der Waals surface area (Å²) in [4.78, 5) is 26.7. The van der Waals surface area contributed by atoms with Gasteiger partial charge in [0.1, 0.15) is 5.75 Å². The van der Waals surface area contributed by atoms with E-state index in [1.807, 2.05) is 43.3 Å². The van der Waals surface area contributed by atoms with Crippen molar-refractivity contribution in [1.82, 2.24) is 4.90 Å². The minimum atomic E-state index is -0.227. The number of hydrogen-bond donors (Lipinski definition) is 1. The number of nitrogens with one attached hydrogen (secondary N) is 1. The highest BCUT2D eigenvalue weighted by molar-refractivity contribution is 5.92. The van der Waals surface area contributed by atoms with Crippen LogP contribution in [0.5, 0.6) is 5.75 Å². The first-order valence-electron chi connectivity index (χ1n) is 9.88. The van der Waals surface area contributed by atoms with Gasteiger partial charge in [-0.2, -0.15) is 0 Å². The summed E-state index contributed by atoms with van der Waals surface area (Å²) >= 11 is 0. The van der Waals surface area contributed by atoms with Crippen LogP contribution in [-0.4, -0.2) is 29.9 Å². The second-order valence-corrected chi connectivity index (χ2v) is 7.25. The van der Waals surface area contributed by atoms with Gasteiger partial charge in [0.2, 0.25) is 11.8 Å². The van der Waals surface area contributed by atoms with Gasteiger partial charge in [0, 0.05) is 19.2 Å². The fraction of sp³-hybridized carbons (Fsp3) is 0.391. The first kappa shape index (κ1) is 19.9. The zero-order valence-corrected chi connectivity index (χ0v) is 16.8. The second-order valence-electron chi connectivity index (χ2n) is 7.25. The van der Waals surface area contributed by atoms with Gasteiger partial charge in [0.15, 0.2) is 0 Å². The van der Waals surface area contributed by atoms with Crippen LogP contribution in [0.1, 0.15) is 49.4 Å². The molecule has 0 fully saturated rings. The molecular weight excluding hydrogens is 352 g/mol. The van der Waals surface area contributed by atoms with Gasteiger partial charge >= 0.3 is 0 Å². The van der Waals surface area contributed by atoms with Crippen LogP contribution in [0.4, 0.5) is 5.69 Å². The second kappa shape index (κ2) is 8.91. The smallest absolute Gasteiger partial charge is 0.226 e. The third-order valence-corrected chi connectivity index (χ3v) is 5.14. The first-order chi connectivity index (χ1) is 13.5. The monoisotopic (exact) mass is 380 g/mol. The lowest BCUT2D eigenvalue weighted by Gasteiger charge is -2.36. The summed E-state index contributed by atoms with van der Waals surface area (Å²) < 4.78 is 5.64. The lowest BCUT2D eigenvalue weighted by Crippen LogP contribution is -2.40. The maximum atomic E-state index is 12.8.